The summed E-state index contributed by atoms with van der Waals surface area (Å²) >= 11 is 0. The van der Waals surface area contributed by atoms with Crippen molar-refractivity contribution in [2.75, 3.05) is 13.2 Å². The summed E-state index contributed by atoms with van der Waals surface area (Å²) in [6.07, 6.45) is 20.4. The van der Waals surface area contributed by atoms with Gasteiger partial charge in [-0.1, -0.05) is 117 Å². The van der Waals surface area contributed by atoms with Gasteiger partial charge in [-0.05, 0) is 13.8 Å². The second-order valence-electron chi connectivity index (χ2n) is 8.08. The van der Waals surface area contributed by atoms with Crippen LogP contribution in [-0.4, -0.2) is 25.2 Å². The highest BCUT2D eigenvalue weighted by Crippen LogP contribution is 2.12. The first-order valence-corrected chi connectivity index (χ1v) is 12.0. The molecule has 0 atom stereocenters. The van der Waals surface area contributed by atoms with Crippen LogP contribution in [0.15, 0.2) is 24.3 Å². The first-order valence-electron chi connectivity index (χ1n) is 12.0. The first-order chi connectivity index (χ1) is 14.4. The van der Waals surface area contributed by atoms with Gasteiger partial charge in [0.05, 0.1) is 0 Å². The van der Waals surface area contributed by atoms with Gasteiger partial charge in [0, 0.05) is 11.1 Å². The summed E-state index contributed by atoms with van der Waals surface area (Å²) in [5.74, 6) is -0.979. The van der Waals surface area contributed by atoms with E-state index in [2.05, 4.69) is 36.5 Å². The molecule has 0 N–H and O–H groups in total. The summed E-state index contributed by atoms with van der Waals surface area (Å²) in [6, 6.07) is 0. The van der Waals surface area contributed by atoms with Crippen molar-refractivity contribution in [3.8, 4) is 0 Å². The molecule has 0 rings (SSSR count). The van der Waals surface area contributed by atoms with Gasteiger partial charge >= 0.3 is 11.9 Å². The topological polar surface area (TPSA) is 52.6 Å². The van der Waals surface area contributed by atoms with Crippen molar-refractivity contribution in [1.82, 2.24) is 0 Å². The van der Waals surface area contributed by atoms with Gasteiger partial charge in [0.2, 0.25) is 0 Å². The Morgan fingerprint density at radius 3 is 0.967 bits per heavy atom. The number of hydrogen-bond acceptors (Lipinski definition) is 4. The Kier molecular flexibility index (Phi) is 24.2. The second-order valence-corrected chi connectivity index (χ2v) is 8.08. The van der Waals surface area contributed by atoms with Crippen LogP contribution in [0.25, 0.3) is 0 Å². The molecule has 0 aromatic carbocycles. The Morgan fingerprint density at radius 1 is 0.533 bits per heavy atom. The lowest BCUT2D eigenvalue weighted by molar-refractivity contribution is -0.147. The zero-order valence-electron chi connectivity index (χ0n) is 20.4. The third-order valence-electron chi connectivity index (χ3n) is 4.70. The van der Waals surface area contributed by atoms with E-state index in [0.29, 0.717) is 11.1 Å². The van der Waals surface area contributed by atoms with Crippen molar-refractivity contribution in [3.63, 3.8) is 0 Å². The Hall–Kier alpha value is -1.58. The Balaban J connectivity index is 0. The van der Waals surface area contributed by atoms with Gasteiger partial charge in [-0.3, -0.25) is 0 Å². The standard InChI is InChI=1S/C16H34.C10H14O4/c1-3-5-7-9-11-13-15-16-14-12-10-8-6-4-2;1-7(2)9(11)13-5-6-14-10(12)8(3)4/h3-16H2,1-2H3;1,3,5-6H2,2,4H3. The van der Waals surface area contributed by atoms with E-state index in [1.165, 1.54) is 89.9 Å². The molecule has 30 heavy (non-hydrogen) atoms. The Labute approximate surface area is 186 Å². The molecular formula is C26H48O4. The van der Waals surface area contributed by atoms with Crippen LogP contribution in [0.2, 0.25) is 0 Å². The molecule has 0 heterocycles. The van der Waals surface area contributed by atoms with Gasteiger partial charge in [0.1, 0.15) is 13.2 Å². The highest BCUT2D eigenvalue weighted by atomic mass is 16.6. The van der Waals surface area contributed by atoms with E-state index in [1.54, 1.807) is 13.8 Å². The largest absolute Gasteiger partial charge is 0.459 e. The minimum absolute atomic E-state index is 0.0325. The van der Waals surface area contributed by atoms with E-state index in [1.807, 2.05) is 0 Å². The van der Waals surface area contributed by atoms with Crippen LogP contribution < -0.4 is 0 Å². The smallest absolute Gasteiger partial charge is 0.333 e. The number of carbonyl (C=O) groups excluding carboxylic acids is 2. The van der Waals surface area contributed by atoms with Gasteiger partial charge in [-0.2, -0.15) is 0 Å². The highest BCUT2D eigenvalue weighted by Gasteiger charge is 2.05. The molecule has 0 aromatic heterocycles. The SMILES string of the molecule is C=C(C)C(=O)OCCOC(=O)C(=C)C.CCCCCCCCCCCCCCCC. The molecule has 0 unspecified atom stereocenters. The number of unbranched alkanes of at least 4 members (excludes halogenated alkanes) is 13. The molecule has 0 fully saturated rings. The molecular weight excluding hydrogens is 376 g/mol. The molecule has 4 nitrogen and oxygen atoms in total. The summed E-state index contributed by atoms with van der Waals surface area (Å²) < 4.78 is 9.38. The van der Waals surface area contributed by atoms with Crippen LogP contribution in [0.1, 0.15) is 118 Å². The minimum Gasteiger partial charge on any atom is -0.459 e. The number of esters is 2. The van der Waals surface area contributed by atoms with E-state index in [4.69, 9.17) is 0 Å². The maximum atomic E-state index is 10.8. The lowest BCUT2D eigenvalue weighted by atomic mass is 10.0. The summed E-state index contributed by atoms with van der Waals surface area (Å²) in [5.41, 5.74) is 0.632. The third kappa shape index (κ3) is 24.5. The predicted molar refractivity (Wildman–Crippen MR) is 128 cm³/mol. The number of hydrogen-bond donors (Lipinski definition) is 0. The van der Waals surface area contributed by atoms with E-state index in [0.717, 1.165) is 0 Å². The minimum atomic E-state index is -0.489. The fourth-order valence-electron chi connectivity index (χ4n) is 2.78. The summed E-state index contributed by atoms with van der Waals surface area (Å²) in [7, 11) is 0. The monoisotopic (exact) mass is 424 g/mol. The van der Waals surface area contributed by atoms with Crippen LogP contribution >= 0.6 is 0 Å². The first kappa shape index (κ1) is 30.6. The van der Waals surface area contributed by atoms with E-state index >= 15 is 0 Å². The van der Waals surface area contributed by atoms with Crippen LogP contribution in [0.5, 0.6) is 0 Å². The molecule has 0 saturated heterocycles. The lowest BCUT2D eigenvalue weighted by Crippen LogP contribution is -2.14. The molecule has 0 saturated carbocycles. The van der Waals surface area contributed by atoms with Gasteiger partial charge in [-0.25, -0.2) is 9.59 Å². The third-order valence-corrected chi connectivity index (χ3v) is 4.70. The quantitative estimate of drug-likeness (QED) is 0.128. The van der Waals surface area contributed by atoms with Crippen molar-refractivity contribution in [2.45, 2.75) is 118 Å². The fraction of sp³-hybridized carbons (Fsp3) is 0.769. The van der Waals surface area contributed by atoms with Gasteiger partial charge in [0.25, 0.3) is 0 Å². The second kappa shape index (κ2) is 23.7. The van der Waals surface area contributed by atoms with Crippen molar-refractivity contribution < 1.29 is 19.1 Å². The van der Waals surface area contributed by atoms with Crippen molar-refractivity contribution in [1.29, 1.82) is 0 Å². The van der Waals surface area contributed by atoms with Crippen LogP contribution in [0.4, 0.5) is 0 Å². The fourth-order valence-corrected chi connectivity index (χ4v) is 2.78. The van der Waals surface area contributed by atoms with E-state index in [9.17, 15) is 9.59 Å². The molecule has 0 aliphatic carbocycles. The number of carbonyl (C=O) groups is 2. The van der Waals surface area contributed by atoms with Gasteiger partial charge in [0.15, 0.2) is 0 Å². The summed E-state index contributed by atoms with van der Waals surface area (Å²) in [4.78, 5) is 21.7. The molecule has 0 bridgehead atoms. The molecule has 0 spiro atoms. The lowest BCUT2D eigenvalue weighted by Gasteiger charge is -2.05. The summed E-state index contributed by atoms with van der Waals surface area (Å²) in [5, 5.41) is 0. The molecule has 0 aliphatic heterocycles. The number of ether oxygens (including phenoxy) is 2. The Morgan fingerprint density at radius 2 is 0.767 bits per heavy atom. The molecule has 0 aliphatic rings. The van der Waals surface area contributed by atoms with Crippen molar-refractivity contribution >= 4 is 11.9 Å². The van der Waals surface area contributed by atoms with E-state index < -0.39 is 11.9 Å². The molecule has 4 heteroatoms. The molecule has 0 amide bonds. The van der Waals surface area contributed by atoms with Crippen molar-refractivity contribution in [3.05, 3.63) is 24.3 Å². The molecule has 0 radical (unpaired) electrons. The highest BCUT2D eigenvalue weighted by molar-refractivity contribution is 5.87. The molecule has 176 valence electrons. The zero-order chi connectivity index (χ0) is 23.0. The maximum Gasteiger partial charge on any atom is 0.333 e. The Bertz CT molecular complexity index is 412. The van der Waals surface area contributed by atoms with Gasteiger partial charge in [-0.15, -0.1) is 0 Å². The zero-order valence-corrected chi connectivity index (χ0v) is 20.4. The van der Waals surface area contributed by atoms with E-state index in [-0.39, 0.29) is 13.2 Å². The van der Waals surface area contributed by atoms with Gasteiger partial charge < -0.3 is 9.47 Å². The average Bonchev–Trinajstić information content (AvgIpc) is 2.72. The summed E-state index contributed by atoms with van der Waals surface area (Å²) in [6.45, 7) is 14.5. The normalized spacial score (nSPS) is 10.0. The van der Waals surface area contributed by atoms with Crippen LogP contribution in [0.3, 0.4) is 0 Å². The van der Waals surface area contributed by atoms with Crippen molar-refractivity contribution in [2.24, 2.45) is 0 Å². The molecule has 0 aromatic rings. The van der Waals surface area contributed by atoms with Crippen LogP contribution in [0, 0.1) is 0 Å². The predicted octanol–water partition coefficient (Wildman–Crippen LogP) is 7.71. The van der Waals surface area contributed by atoms with Crippen LogP contribution in [-0.2, 0) is 19.1 Å². The maximum absolute atomic E-state index is 10.8. The average molecular weight is 425 g/mol. The number of rotatable bonds is 18.